The van der Waals surface area contributed by atoms with Gasteiger partial charge < -0.3 is 10.0 Å². The van der Waals surface area contributed by atoms with Gasteiger partial charge in [0.15, 0.2) is 0 Å². The third kappa shape index (κ3) is 2.61. The zero-order valence-electron chi connectivity index (χ0n) is 14.2. The Balaban J connectivity index is 2.01. The van der Waals surface area contributed by atoms with Crippen molar-refractivity contribution < 1.29 is 29.1 Å². The number of amides is 4. The molecule has 2 N–H and O–H groups in total. The Bertz CT molecular complexity index is 849. The minimum Gasteiger partial charge on any atom is -0.480 e. The van der Waals surface area contributed by atoms with E-state index in [1.54, 1.807) is 12.1 Å². The first-order valence-corrected chi connectivity index (χ1v) is 8.04. The van der Waals surface area contributed by atoms with E-state index in [2.05, 4.69) is 5.32 Å². The standard InChI is InChI=1S/C17H17N3O6/c1-8(17(25)26)19(2)10-5-3-4-9-13(10)16(24)20(15(9)23)11-6-7-12(21)18-14(11)22/h3-5,8,11H,6-7H2,1-2H3,(H,25,26)(H,18,21,22). The van der Waals surface area contributed by atoms with Gasteiger partial charge in [0, 0.05) is 13.5 Å². The smallest absolute Gasteiger partial charge is 0.326 e. The lowest BCUT2D eigenvalue weighted by Gasteiger charge is -2.28. The lowest BCUT2D eigenvalue weighted by atomic mass is 10.0. The first kappa shape index (κ1) is 17.6. The van der Waals surface area contributed by atoms with Gasteiger partial charge in [0.1, 0.15) is 12.1 Å². The Morgan fingerprint density at radius 1 is 1.27 bits per heavy atom. The van der Waals surface area contributed by atoms with Gasteiger partial charge in [0.2, 0.25) is 11.8 Å². The minimum atomic E-state index is -1.08. The number of hydrogen-bond acceptors (Lipinski definition) is 6. The zero-order valence-corrected chi connectivity index (χ0v) is 14.2. The van der Waals surface area contributed by atoms with Crippen LogP contribution in [0.4, 0.5) is 5.69 Å². The van der Waals surface area contributed by atoms with Gasteiger partial charge in [-0.2, -0.15) is 0 Å². The summed E-state index contributed by atoms with van der Waals surface area (Å²) in [5, 5.41) is 11.3. The topological polar surface area (TPSA) is 124 Å². The number of likely N-dealkylation sites (N-methyl/N-ethyl adjacent to an activating group) is 1. The Morgan fingerprint density at radius 2 is 1.96 bits per heavy atom. The highest BCUT2D eigenvalue weighted by Gasteiger charge is 2.46. The third-order valence-corrected chi connectivity index (χ3v) is 4.76. The van der Waals surface area contributed by atoms with Crippen molar-refractivity contribution in [1.82, 2.24) is 10.2 Å². The SMILES string of the molecule is CC(C(=O)O)N(C)c1cccc2c1C(=O)N(C1CCC(=O)NC1=O)C2=O. The molecule has 26 heavy (non-hydrogen) atoms. The minimum absolute atomic E-state index is 0.0343. The monoisotopic (exact) mass is 359 g/mol. The molecule has 1 saturated heterocycles. The van der Waals surface area contributed by atoms with Gasteiger partial charge in [-0.25, -0.2) is 4.79 Å². The number of carboxylic acid groups (broad SMARTS) is 1. The Labute approximate surface area is 148 Å². The Morgan fingerprint density at radius 3 is 2.58 bits per heavy atom. The van der Waals surface area contributed by atoms with Crippen LogP contribution in [0.1, 0.15) is 40.5 Å². The summed E-state index contributed by atoms with van der Waals surface area (Å²) in [6, 6.07) is 2.59. The van der Waals surface area contributed by atoms with Crippen molar-refractivity contribution in [3.05, 3.63) is 29.3 Å². The summed E-state index contributed by atoms with van der Waals surface area (Å²) in [6.07, 6.45) is 0.0967. The summed E-state index contributed by atoms with van der Waals surface area (Å²) in [5.74, 6) is -3.51. The molecule has 2 atom stereocenters. The number of anilines is 1. The first-order valence-electron chi connectivity index (χ1n) is 8.04. The van der Waals surface area contributed by atoms with Crippen molar-refractivity contribution in [2.24, 2.45) is 0 Å². The van der Waals surface area contributed by atoms with Crippen LogP contribution in [0.15, 0.2) is 18.2 Å². The molecule has 0 bridgehead atoms. The van der Waals surface area contributed by atoms with Gasteiger partial charge in [-0.15, -0.1) is 0 Å². The van der Waals surface area contributed by atoms with Gasteiger partial charge in [-0.1, -0.05) is 6.07 Å². The summed E-state index contributed by atoms with van der Waals surface area (Å²) >= 11 is 0. The van der Waals surface area contributed by atoms with E-state index >= 15 is 0 Å². The number of carboxylic acids is 1. The van der Waals surface area contributed by atoms with Crippen LogP contribution in [-0.2, 0) is 14.4 Å². The lowest BCUT2D eigenvalue weighted by Crippen LogP contribution is -2.54. The molecule has 9 nitrogen and oxygen atoms in total. The Hall–Kier alpha value is -3.23. The molecule has 9 heteroatoms. The van der Waals surface area contributed by atoms with E-state index in [0.717, 1.165) is 4.90 Å². The van der Waals surface area contributed by atoms with Crippen molar-refractivity contribution >= 4 is 35.3 Å². The van der Waals surface area contributed by atoms with Crippen molar-refractivity contribution in [3.8, 4) is 0 Å². The number of fused-ring (bicyclic) bond motifs is 1. The van der Waals surface area contributed by atoms with Crippen LogP contribution in [0.25, 0.3) is 0 Å². The van der Waals surface area contributed by atoms with Crippen LogP contribution in [0.2, 0.25) is 0 Å². The van der Waals surface area contributed by atoms with Crippen molar-refractivity contribution in [2.75, 3.05) is 11.9 Å². The number of nitrogens with zero attached hydrogens (tertiary/aromatic N) is 2. The van der Waals surface area contributed by atoms with E-state index in [4.69, 9.17) is 0 Å². The number of aliphatic carboxylic acids is 1. The molecule has 2 heterocycles. The molecule has 136 valence electrons. The van der Waals surface area contributed by atoms with E-state index in [1.807, 2.05) is 0 Å². The molecular formula is C17H17N3O6. The van der Waals surface area contributed by atoms with Crippen molar-refractivity contribution in [1.29, 1.82) is 0 Å². The number of nitrogens with one attached hydrogen (secondary N) is 1. The fraction of sp³-hybridized carbons (Fsp3) is 0.353. The van der Waals surface area contributed by atoms with Crippen LogP contribution in [0.3, 0.4) is 0 Å². The number of hydrogen-bond donors (Lipinski definition) is 2. The highest BCUT2D eigenvalue weighted by atomic mass is 16.4. The number of benzene rings is 1. The molecule has 0 spiro atoms. The molecule has 1 fully saturated rings. The fourth-order valence-electron chi connectivity index (χ4n) is 3.17. The average Bonchev–Trinajstić information content (AvgIpc) is 2.85. The van der Waals surface area contributed by atoms with Crippen molar-refractivity contribution in [2.45, 2.75) is 31.8 Å². The summed E-state index contributed by atoms with van der Waals surface area (Å²) in [5.41, 5.74) is 0.477. The summed E-state index contributed by atoms with van der Waals surface area (Å²) in [4.78, 5) is 62.5. The van der Waals surface area contributed by atoms with Crippen LogP contribution >= 0.6 is 0 Å². The van der Waals surface area contributed by atoms with Crippen molar-refractivity contribution in [3.63, 3.8) is 0 Å². The van der Waals surface area contributed by atoms with Crippen LogP contribution in [0.5, 0.6) is 0 Å². The molecule has 0 saturated carbocycles. The van der Waals surface area contributed by atoms with E-state index < -0.39 is 41.7 Å². The van der Waals surface area contributed by atoms with Crippen LogP contribution < -0.4 is 10.2 Å². The molecule has 0 aliphatic carbocycles. The predicted molar refractivity (Wildman–Crippen MR) is 88.6 cm³/mol. The number of piperidine rings is 1. The number of rotatable bonds is 4. The molecule has 3 rings (SSSR count). The molecular weight excluding hydrogens is 342 g/mol. The molecule has 0 radical (unpaired) electrons. The molecule has 2 aliphatic rings. The maximum Gasteiger partial charge on any atom is 0.326 e. The number of carbonyl (C=O) groups excluding carboxylic acids is 4. The summed E-state index contributed by atoms with van der Waals surface area (Å²) in [7, 11) is 1.51. The molecule has 0 aromatic heterocycles. The zero-order chi connectivity index (χ0) is 19.2. The van der Waals surface area contributed by atoms with Gasteiger partial charge in [0.25, 0.3) is 11.8 Å². The van der Waals surface area contributed by atoms with E-state index in [-0.39, 0.29) is 24.0 Å². The van der Waals surface area contributed by atoms with Crippen LogP contribution in [0, 0.1) is 0 Å². The second kappa shape index (κ2) is 6.25. The molecule has 4 amide bonds. The molecule has 1 aromatic carbocycles. The van der Waals surface area contributed by atoms with E-state index in [9.17, 15) is 29.1 Å². The predicted octanol–water partition coefficient (Wildman–Crippen LogP) is -0.00290. The largest absolute Gasteiger partial charge is 0.480 e. The Kier molecular flexibility index (Phi) is 4.23. The van der Waals surface area contributed by atoms with Crippen LogP contribution in [-0.4, -0.2) is 58.7 Å². The molecule has 2 unspecified atom stereocenters. The third-order valence-electron chi connectivity index (χ3n) is 4.76. The van der Waals surface area contributed by atoms with E-state index in [1.165, 1.54) is 24.9 Å². The highest BCUT2D eigenvalue weighted by molar-refractivity contribution is 6.25. The maximum atomic E-state index is 12.9. The first-order chi connectivity index (χ1) is 12.2. The number of imide groups is 2. The summed E-state index contributed by atoms with van der Waals surface area (Å²) in [6.45, 7) is 1.46. The average molecular weight is 359 g/mol. The van der Waals surface area contributed by atoms with Gasteiger partial charge in [-0.05, 0) is 25.5 Å². The number of carbonyl (C=O) groups is 5. The second-order valence-corrected chi connectivity index (χ2v) is 6.27. The van der Waals surface area contributed by atoms with Gasteiger partial charge >= 0.3 is 5.97 Å². The second-order valence-electron chi connectivity index (χ2n) is 6.27. The molecule has 2 aliphatic heterocycles. The van der Waals surface area contributed by atoms with E-state index in [0.29, 0.717) is 5.69 Å². The fourth-order valence-corrected chi connectivity index (χ4v) is 3.17. The lowest BCUT2D eigenvalue weighted by molar-refractivity contribution is -0.138. The quantitative estimate of drug-likeness (QED) is 0.725. The van der Waals surface area contributed by atoms with Gasteiger partial charge in [-0.3, -0.25) is 29.4 Å². The maximum absolute atomic E-state index is 12.9. The van der Waals surface area contributed by atoms with Gasteiger partial charge in [0.05, 0.1) is 16.8 Å². The molecule has 1 aromatic rings. The highest BCUT2D eigenvalue weighted by Crippen LogP contribution is 2.34. The summed E-state index contributed by atoms with van der Waals surface area (Å²) < 4.78 is 0. The normalized spacial score (nSPS) is 20.7.